The topological polar surface area (TPSA) is 33.1 Å². The van der Waals surface area contributed by atoms with Crippen LogP contribution >= 0.6 is 0 Å². The van der Waals surface area contributed by atoms with E-state index in [1.807, 2.05) is 10.9 Å². The summed E-state index contributed by atoms with van der Waals surface area (Å²) in [5.41, 5.74) is 1.58. The van der Waals surface area contributed by atoms with E-state index >= 15 is 0 Å². The molecule has 0 aromatic carbocycles. The Kier molecular flexibility index (Phi) is 5.44. The van der Waals surface area contributed by atoms with E-state index in [9.17, 15) is 0 Å². The number of nitrogens with one attached hydrogen (secondary N) is 1. The van der Waals surface area contributed by atoms with Gasteiger partial charge in [-0.25, -0.2) is 0 Å². The number of aryl methyl sites for hydroxylation is 1. The molecule has 4 heteroatoms. The zero-order valence-corrected chi connectivity index (χ0v) is 14.4. The maximum Gasteiger partial charge on any atom is 0.0534 e. The highest BCUT2D eigenvalue weighted by Crippen LogP contribution is 2.24. The van der Waals surface area contributed by atoms with Crippen molar-refractivity contribution in [2.45, 2.75) is 72.1 Å². The molecule has 21 heavy (non-hydrogen) atoms. The smallest absolute Gasteiger partial charge is 0.0534 e. The minimum absolute atomic E-state index is 0.244. The standard InChI is InChI=1S/C17H32N4/c1-6-17(5)13-20(16(10-18-17)8-14(3)4)11-15-9-19-21(7-2)12-15/h9,12,14,16,18H,6-8,10-11,13H2,1-5H3. The molecule has 1 aromatic rings. The molecule has 1 aromatic heterocycles. The second kappa shape index (κ2) is 6.93. The summed E-state index contributed by atoms with van der Waals surface area (Å²) in [5, 5.41) is 8.19. The van der Waals surface area contributed by atoms with E-state index in [-0.39, 0.29) is 5.54 Å². The fourth-order valence-electron chi connectivity index (χ4n) is 3.22. The first-order chi connectivity index (χ1) is 9.95. The van der Waals surface area contributed by atoms with Crippen molar-refractivity contribution in [2.24, 2.45) is 5.92 Å². The Morgan fingerprint density at radius 3 is 2.76 bits per heavy atom. The second-order valence-electron chi connectivity index (χ2n) is 7.19. The first-order valence-electron chi connectivity index (χ1n) is 8.46. The molecule has 0 spiro atoms. The van der Waals surface area contributed by atoms with Crippen LogP contribution in [-0.2, 0) is 13.1 Å². The number of hydrogen-bond acceptors (Lipinski definition) is 3. The Morgan fingerprint density at radius 1 is 1.43 bits per heavy atom. The predicted octanol–water partition coefficient (Wildman–Crippen LogP) is 2.89. The molecular weight excluding hydrogens is 260 g/mol. The van der Waals surface area contributed by atoms with Crippen molar-refractivity contribution in [3.8, 4) is 0 Å². The Labute approximate surface area is 129 Å². The first kappa shape index (κ1) is 16.5. The van der Waals surface area contributed by atoms with E-state index in [0.29, 0.717) is 6.04 Å². The Balaban J connectivity index is 2.08. The van der Waals surface area contributed by atoms with Crippen molar-refractivity contribution >= 4 is 0 Å². The lowest BCUT2D eigenvalue weighted by Gasteiger charge is -2.46. The molecule has 1 saturated heterocycles. The maximum absolute atomic E-state index is 4.42. The molecule has 0 saturated carbocycles. The first-order valence-corrected chi connectivity index (χ1v) is 8.46. The summed E-state index contributed by atoms with van der Waals surface area (Å²) in [7, 11) is 0. The molecule has 0 amide bonds. The number of nitrogens with zero attached hydrogens (tertiary/aromatic N) is 3. The van der Waals surface area contributed by atoms with Crippen LogP contribution in [0.15, 0.2) is 12.4 Å². The van der Waals surface area contributed by atoms with Crippen molar-refractivity contribution in [3.63, 3.8) is 0 Å². The molecule has 2 rings (SSSR count). The summed E-state index contributed by atoms with van der Waals surface area (Å²) in [5.74, 6) is 0.739. The van der Waals surface area contributed by atoms with E-state index in [1.54, 1.807) is 0 Å². The average molecular weight is 292 g/mol. The Hall–Kier alpha value is -0.870. The lowest BCUT2D eigenvalue weighted by Crippen LogP contribution is -2.62. The van der Waals surface area contributed by atoms with Gasteiger partial charge in [0.25, 0.3) is 0 Å². The molecule has 0 bridgehead atoms. The largest absolute Gasteiger partial charge is 0.309 e. The van der Waals surface area contributed by atoms with Crippen LogP contribution in [0, 0.1) is 5.92 Å². The fraction of sp³-hybridized carbons (Fsp3) is 0.824. The molecule has 1 aliphatic heterocycles. The number of hydrogen-bond donors (Lipinski definition) is 1. The molecule has 1 fully saturated rings. The Morgan fingerprint density at radius 2 is 2.19 bits per heavy atom. The third-order valence-corrected chi connectivity index (χ3v) is 4.75. The van der Waals surface area contributed by atoms with E-state index in [0.717, 1.165) is 32.1 Å². The third-order valence-electron chi connectivity index (χ3n) is 4.75. The van der Waals surface area contributed by atoms with Gasteiger partial charge in [-0.1, -0.05) is 20.8 Å². The van der Waals surface area contributed by atoms with Gasteiger partial charge in [0.15, 0.2) is 0 Å². The van der Waals surface area contributed by atoms with Crippen molar-refractivity contribution in [2.75, 3.05) is 13.1 Å². The third kappa shape index (κ3) is 4.30. The molecule has 2 heterocycles. The van der Waals surface area contributed by atoms with Crippen LogP contribution < -0.4 is 5.32 Å². The van der Waals surface area contributed by atoms with E-state index < -0.39 is 0 Å². The van der Waals surface area contributed by atoms with Crippen molar-refractivity contribution < 1.29 is 0 Å². The summed E-state index contributed by atoms with van der Waals surface area (Å²) < 4.78 is 2.02. The highest BCUT2D eigenvalue weighted by Gasteiger charge is 2.34. The lowest BCUT2D eigenvalue weighted by atomic mass is 9.90. The van der Waals surface area contributed by atoms with E-state index in [1.165, 1.54) is 18.4 Å². The van der Waals surface area contributed by atoms with Crippen LogP contribution in [0.1, 0.15) is 53.0 Å². The van der Waals surface area contributed by atoms with Crippen molar-refractivity contribution in [1.29, 1.82) is 0 Å². The highest BCUT2D eigenvalue weighted by atomic mass is 15.3. The van der Waals surface area contributed by atoms with Crippen LogP contribution in [-0.4, -0.2) is 39.4 Å². The summed E-state index contributed by atoms with van der Waals surface area (Å²) >= 11 is 0. The van der Waals surface area contributed by atoms with Gasteiger partial charge in [0.1, 0.15) is 0 Å². The number of piperazine rings is 1. The maximum atomic E-state index is 4.42. The predicted molar refractivity (Wildman–Crippen MR) is 88.3 cm³/mol. The normalized spacial score (nSPS) is 27.4. The molecule has 2 atom stereocenters. The molecule has 4 nitrogen and oxygen atoms in total. The Bertz CT molecular complexity index is 440. The molecule has 0 aliphatic carbocycles. The van der Waals surface area contributed by atoms with Gasteiger partial charge in [-0.15, -0.1) is 0 Å². The molecule has 2 unspecified atom stereocenters. The van der Waals surface area contributed by atoms with Crippen LogP contribution in [0.25, 0.3) is 0 Å². The van der Waals surface area contributed by atoms with Gasteiger partial charge in [0, 0.05) is 49.5 Å². The minimum atomic E-state index is 0.244. The van der Waals surface area contributed by atoms with Gasteiger partial charge in [-0.3, -0.25) is 9.58 Å². The van der Waals surface area contributed by atoms with Gasteiger partial charge in [-0.05, 0) is 32.6 Å². The number of aromatic nitrogens is 2. The van der Waals surface area contributed by atoms with Crippen molar-refractivity contribution in [1.82, 2.24) is 20.0 Å². The van der Waals surface area contributed by atoms with E-state index in [4.69, 9.17) is 0 Å². The number of rotatable bonds is 6. The van der Waals surface area contributed by atoms with Crippen LogP contribution in [0.2, 0.25) is 0 Å². The SMILES string of the molecule is CCn1cc(CN2CC(C)(CC)NCC2CC(C)C)cn1. The van der Waals surface area contributed by atoms with Crippen LogP contribution in [0.3, 0.4) is 0 Å². The van der Waals surface area contributed by atoms with Crippen LogP contribution in [0.5, 0.6) is 0 Å². The van der Waals surface area contributed by atoms with Gasteiger partial charge in [-0.2, -0.15) is 5.10 Å². The fourth-order valence-corrected chi connectivity index (χ4v) is 3.22. The zero-order valence-electron chi connectivity index (χ0n) is 14.4. The summed E-state index contributed by atoms with van der Waals surface area (Å²) in [6.45, 7) is 15.6. The van der Waals surface area contributed by atoms with E-state index in [2.05, 4.69) is 56.1 Å². The molecule has 0 radical (unpaired) electrons. The van der Waals surface area contributed by atoms with Crippen molar-refractivity contribution in [3.05, 3.63) is 18.0 Å². The van der Waals surface area contributed by atoms with Gasteiger partial charge >= 0.3 is 0 Å². The quantitative estimate of drug-likeness (QED) is 0.875. The summed E-state index contributed by atoms with van der Waals surface area (Å²) in [6, 6.07) is 0.634. The monoisotopic (exact) mass is 292 g/mol. The van der Waals surface area contributed by atoms with Crippen LogP contribution in [0.4, 0.5) is 0 Å². The van der Waals surface area contributed by atoms with Gasteiger partial charge < -0.3 is 5.32 Å². The molecule has 1 N–H and O–H groups in total. The molecular formula is C17H32N4. The summed E-state index contributed by atoms with van der Waals surface area (Å²) in [6.07, 6.45) is 6.65. The highest BCUT2D eigenvalue weighted by molar-refractivity contribution is 5.06. The van der Waals surface area contributed by atoms with Gasteiger partial charge in [0.05, 0.1) is 6.20 Å². The van der Waals surface area contributed by atoms with Gasteiger partial charge in [0.2, 0.25) is 0 Å². The second-order valence-corrected chi connectivity index (χ2v) is 7.19. The summed E-state index contributed by atoms with van der Waals surface area (Å²) in [4.78, 5) is 2.66. The zero-order chi connectivity index (χ0) is 15.5. The minimum Gasteiger partial charge on any atom is -0.309 e. The average Bonchev–Trinajstić information content (AvgIpc) is 2.89. The molecule has 1 aliphatic rings. The molecule has 120 valence electrons. The lowest BCUT2D eigenvalue weighted by molar-refractivity contribution is 0.0664.